The van der Waals surface area contributed by atoms with Crippen LogP contribution in [0.5, 0.6) is 0 Å². The van der Waals surface area contributed by atoms with Gasteiger partial charge in [-0.15, -0.1) is 0 Å². The average Bonchev–Trinajstić information content (AvgIpc) is 2.63. The molecule has 2 N–H and O–H groups in total. The molecule has 0 atom stereocenters. The fourth-order valence-electron chi connectivity index (χ4n) is 1.89. The summed E-state index contributed by atoms with van der Waals surface area (Å²) in [5.41, 5.74) is 3.90. The van der Waals surface area contributed by atoms with Crippen molar-refractivity contribution in [2.24, 2.45) is 7.05 Å². The van der Waals surface area contributed by atoms with Gasteiger partial charge in [0.1, 0.15) is 0 Å². The zero-order valence-corrected chi connectivity index (χ0v) is 11.6. The Labute approximate surface area is 112 Å². The number of carbonyl (C=O) groups excluding carboxylic acids is 1. The van der Waals surface area contributed by atoms with Crippen LogP contribution < -0.4 is 10.6 Å². The monoisotopic (exact) mass is 258 g/mol. The van der Waals surface area contributed by atoms with Crippen LogP contribution in [-0.2, 0) is 7.05 Å². The van der Waals surface area contributed by atoms with Crippen molar-refractivity contribution in [1.82, 2.24) is 9.78 Å². The summed E-state index contributed by atoms with van der Waals surface area (Å²) >= 11 is 0. The number of anilines is 2. The molecule has 2 rings (SSSR count). The Balaban J connectivity index is 2.09. The van der Waals surface area contributed by atoms with Gasteiger partial charge in [-0.05, 0) is 31.9 Å². The molecule has 0 saturated heterocycles. The summed E-state index contributed by atoms with van der Waals surface area (Å²) in [7, 11) is 1.84. The zero-order valence-electron chi connectivity index (χ0n) is 11.6. The van der Waals surface area contributed by atoms with Crippen LogP contribution in [0.25, 0.3) is 0 Å². The molecule has 5 nitrogen and oxygen atoms in total. The van der Waals surface area contributed by atoms with E-state index in [0.717, 1.165) is 22.5 Å². The van der Waals surface area contributed by atoms with Gasteiger partial charge in [0.05, 0.1) is 0 Å². The topological polar surface area (TPSA) is 59.0 Å². The molecule has 19 heavy (non-hydrogen) atoms. The Morgan fingerprint density at radius 3 is 2.32 bits per heavy atom. The first-order valence-corrected chi connectivity index (χ1v) is 6.12. The number of rotatable bonds is 2. The van der Waals surface area contributed by atoms with E-state index in [-0.39, 0.29) is 6.03 Å². The summed E-state index contributed by atoms with van der Waals surface area (Å²) in [5.74, 6) is 0.545. The smallest absolute Gasteiger partial charge is 0.307 e. The lowest BCUT2D eigenvalue weighted by atomic mass is 10.1. The maximum absolute atomic E-state index is 11.9. The van der Waals surface area contributed by atoms with Crippen LogP contribution in [0.4, 0.5) is 16.3 Å². The summed E-state index contributed by atoms with van der Waals surface area (Å²) in [6.07, 6.45) is 0. The lowest BCUT2D eigenvalue weighted by molar-refractivity contribution is 0.262. The summed E-state index contributed by atoms with van der Waals surface area (Å²) in [5, 5.41) is 9.76. The first-order chi connectivity index (χ1) is 8.97. The first kappa shape index (κ1) is 13.1. The molecule has 0 saturated carbocycles. The van der Waals surface area contributed by atoms with Crippen LogP contribution in [0.1, 0.15) is 16.8 Å². The Kier molecular flexibility index (Phi) is 3.55. The molecule has 0 unspecified atom stereocenters. The number of nitrogens with one attached hydrogen (secondary N) is 2. The van der Waals surface area contributed by atoms with Gasteiger partial charge < -0.3 is 5.32 Å². The van der Waals surface area contributed by atoms with E-state index in [2.05, 4.69) is 15.7 Å². The fraction of sp³-hybridized carbons (Fsp3) is 0.286. The maximum atomic E-state index is 11.9. The quantitative estimate of drug-likeness (QED) is 0.870. The number of hydrogen-bond donors (Lipinski definition) is 2. The van der Waals surface area contributed by atoms with Crippen LogP contribution in [0.15, 0.2) is 24.3 Å². The minimum absolute atomic E-state index is 0.282. The lowest BCUT2D eigenvalue weighted by Crippen LogP contribution is -2.21. The van der Waals surface area contributed by atoms with E-state index < -0.39 is 0 Å². The molecular weight excluding hydrogens is 240 g/mol. The van der Waals surface area contributed by atoms with Crippen molar-refractivity contribution >= 4 is 17.5 Å². The zero-order chi connectivity index (χ0) is 14.0. The predicted molar refractivity (Wildman–Crippen MR) is 76.5 cm³/mol. The van der Waals surface area contributed by atoms with Gasteiger partial charge in [-0.25, -0.2) is 4.79 Å². The number of carbonyl (C=O) groups is 1. The van der Waals surface area contributed by atoms with Crippen molar-refractivity contribution in [2.75, 3.05) is 10.6 Å². The largest absolute Gasteiger partial charge is 0.324 e. The number of urea groups is 1. The second-order valence-electron chi connectivity index (χ2n) is 4.64. The van der Waals surface area contributed by atoms with Crippen molar-refractivity contribution in [2.45, 2.75) is 20.8 Å². The van der Waals surface area contributed by atoms with Crippen molar-refractivity contribution in [1.29, 1.82) is 0 Å². The number of benzene rings is 1. The maximum Gasteiger partial charge on any atom is 0.324 e. The minimum Gasteiger partial charge on any atom is -0.307 e. The molecule has 0 aliphatic carbocycles. The molecule has 2 aromatic rings. The average molecular weight is 258 g/mol. The Morgan fingerprint density at radius 2 is 1.79 bits per heavy atom. The fourth-order valence-corrected chi connectivity index (χ4v) is 1.89. The SMILES string of the molecule is Cc1cccc(C)c1NC(=O)Nc1cc(C)n(C)n1. The van der Waals surface area contributed by atoms with Gasteiger partial charge in [-0.2, -0.15) is 5.10 Å². The summed E-state index contributed by atoms with van der Waals surface area (Å²) < 4.78 is 1.72. The third kappa shape index (κ3) is 2.93. The van der Waals surface area contributed by atoms with Crippen molar-refractivity contribution in [3.63, 3.8) is 0 Å². The summed E-state index contributed by atoms with van der Waals surface area (Å²) in [6, 6.07) is 7.44. The second kappa shape index (κ2) is 5.14. The van der Waals surface area contributed by atoms with Gasteiger partial charge in [0, 0.05) is 24.5 Å². The van der Waals surface area contributed by atoms with Gasteiger partial charge in [0.25, 0.3) is 0 Å². The number of hydrogen-bond acceptors (Lipinski definition) is 2. The van der Waals surface area contributed by atoms with E-state index in [9.17, 15) is 4.79 Å². The number of amides is 2. The number of para-hydroxylation sites is 1. The number of aromatic nitrogens is 2. The molecule has 2 amide bonds. The van der Waals surface area contributed by atoms with Crippen molar-refractivity contribution in [3.8, 4) is 0 Å². The van der Waals surface area contributed by atoms with E-state index in [0.29, 0.717) is 5.82 Å². The third-order valence-corrected chi connectivity index (χ3v) is 3.08. The van der Waals surface area contributed by atoms with Gasteiger partial charge >= 0.3 is 6.03 Å². The van der Waals surface area contributed by atoms with Crippen LogP contribution in [0.3, 0.4) is 0 Å². The van der Waals surface area contributed by atoms with Crippen molar-refractivity contribution < 1.29 is 4.79 Å². The highest BCUT2D eigenvalue weighted by atomic mass is 16.2. The molecule has 1 heterocycles. The second-order valence-corrected chi connectivity index (χ2v) is 4.64. The highest BCUT2D eigenvalue weighted by Crippen LogP contribution is 2.19. The summed E-state index contributed by atoms with van der Waals surface area (Å²) in [4.78, 5) is 11.9. The highest BCUT2D eigenvalue weighted by molar-refractivity contribution is 6.00. The molecule has 0 aliphatic heterocycles. The summed E-state index contributed by atoms with van der Waals surface area (Å²) in [6.45, 7) is 5.86. The molecule has 0 spiro atoms. The third-order valence-electron chi connectivity index (χ3n) is 3.08. The van der Waals surface area contributed by atoms with E-state index in [4.69, 9.17) is 0 Å². The molecule has 5 heteroatoms. The first-order valence-electron chi connectivity index (χ1n) is 6.12. The number of aryl methyl sites for hydroxylation is 4. The van der Waals surface area contributed by atoms with Crippen LogP contribution in [0.2, 0.25) is 0 Å². The Bertz CT molecular complexity index is 576. The van der Waals surface area contributed by atoms with Gasteiger partial charge in [0.15, 0.2) is 5.82 Å². The standard InChI is InChI=1S/C14H18N4O/c1-9-6-5-7-10(2)13(9)16-14(19)15-12-8-11(3)18(4)17-12/h5-8H,1-4H3,(H2,15,16,17,19). The van der Waals surface area contributed by atoms with E-state index in [1.165, 1.54) is 0 Å². The molecule has 100 valence electrons. The molecule has 0 fully saturated rings. The molecule has 0 aliphatic rings. The van der Waals surface area contributed by atoms with E-state index >= 15 is 0 Å². The normalized spacial score (nSPS) is 10.3. The van der Waals surface area contributed by atoms with Crippen molar-refractivity contribution in [3.05, 3.63) is 41.1 Å². The molecule has 1 aromatic carbocycles. The minimum atomic E-state index is -0.282. The van der Waals surface area contributed by atoms with Gasteiger partial charge in [-0.1, -0.05) is 18.2 Å². The van der Waals surface area contributed by atoms with Crippen LogP contribution in [-0.4, -0.2) is 15.8 Å². The van der Waals surface area contributed by atoms with Gasteiger partial charge in [0.2, 0.25) is 0 Å². The lowest BCUT2D eigenvalue weighted by Gasteiger charge is -2.11. The van der Waals surface area contributed by atoms with Gasteiger partial charge in [-0.3, -0.25) is 10.00 Å². The van der Waals surface area contributed by atoms with Crippen LogP contribution in [0, 0.1) is 20.8 Å². The molecule has 0 bridgehead atoms. The highest BCUT2D eigenvalue weighted by Gasteiger charge is 2.09. The van der Waals surface area contributed by atoms with Crippen LogP contribution >= 0.6 is 0 Å². The van der Waals surface area contributed by atoms with E-state index in [1.54, 1.807) is 4.68 Å². The Hall–Kier alpha value is -2.30. The molecule has 0 radical (unpaired) electrons. The van der Waals surface area contributed by atoms with E-state index in [1.807, 2.05) is 52.1 Å². The predicted octanol–water partition coefficient (Wildman–Crippen LogP) is 2.99. The number of nitrogens with zero attached hydrogens (tertiary/aromatic N) is 2. The molecule has 1 aromatic heterocycles. The Morgan fingerprint density at radius 1 is 1.16 bits per heavy atom. The molecular formula is C14H18N4O.